The predicted molar refractivity (Wildman–Crippen MR) is 126 cm³/mol. The van der Waals surface area contributed by atoms with Crippen molar-refractivity contribution in [3.63, 3.8) is 0 Å². The number of halogens is 5. The van der Waals surface area contributed by atoms with Crippen LogP contribution in [0.2, 0.25) is 0 Å². The van der Waals surface area contributed by atoms with Crippen molar-refractivity contribution in [3.8, 4) is 5.75 Å². The van der Waals surface area contributed by atoms with Crippen LogP contribution in [0.5, 0.6) is 5.75 Å². The molecule has 3 aromatic rings. The van der Waals surface area contributed by atoms with Gasteiger partial charge in [-0.05, 0) is 31.7 Å². The van der Waals surface area contributed by atoms with Crippen LogP contribution < -0.4 is 20.3 Å². The van der Waals surface area contributed by atoms with Crippen LogP contribution in [0, 0.1) is 29.1 Å². The SMILES string of the molecule is CN(C)c1cc(N[C@H]2CC[C@@H](NC(=O)COc3c(F)c(F)c(F)c(F)c3F)CC2)nc2ccccc12. The van der Waals surface area contributed by atoms with Gasteiger partial charge in [0.15, 0.2) is 12.4 Å². The number of anilines is 2. The third kappa shape index (κ3) is 5.29. The van der Waals surface area contributed by atoms with Gasteiger partial charge in [0.25, 0.3) is 5.91 Å². The number of ether oxygens (including phenoxy) is 1. The number of nitrogens with zero attached hydrogens (tertiary/aromatic N) is 2. The molecule has 1 aliphatic carbocycles. The molecule has 4 rings (SSSR count). The van der Waals surface area contributed by atoms with E-state index in [1.165, 1.54) is 0 Å². The number of para-hydroxylation sites is 1. The minimum absolute atomic E-state index is 0.131. The number of hydrogen-bond donors (Lipinski definition) is 2. The van der Waals surface area contributed by atoms with E-state index in [4.69, 9.17) is 4.98 Å². The van der Waals surface area contributed by atoms with Crippen molar-refractivity contribution in [2.24, 2.45) is 0 Å². The Morgan fingerprint density at radius 3 is 2.17 bits per heavy atom. The largest absolute Gasteiger partial charge is 0.477 e. The van der Waals surface area contributed by atoms with Crippen molar-refractivity contribution in [2.45, 2.75) is 37.8 Å². The fourth-order valence-corrected chi connectivity index (χ4v) is 4.31. The van der Waals surface area contributed by atoms with Crippen LogP contribution in [0.25, 0.3) is 10.9 Å². The van der Waals surface area contributed by atoms with Gasteiger partial charge in [0.1, 0.15) is 5.82 Å². The molecular weight excluding hydrogens is 483 g/mol. The molecule has 0 saturated heterocycles. The summed E-state index contributed by atoms with van der Waals surface area (Å²) in [6, 6.07) is 9.78. The van der Waals surface area contributed by atoms with Gasteiger partial charge in [0, 0.05) is 43.3 Å². The summed E-state index contributed by atoms with van der Waals surface area (Å²) < 4.78 is 71.7. The van der Waals surface area contributed by atoms with Gasteiger partial charge in [0.05, 0.1) is 5.52 Å². The van der Waals surface area contributed by atoms with Crippen molar-refractivity contribution in [2.75, 3.05) is 30.9 Å². The fourth-order valence-electron chi connectivity index (χ4n) is 4.31. The lowest BCUT2D eigenvalue weighted by Crippen LogP contribution is -2.42. The molecule has 2 N–H and O–H groups in total. The average Bonchev–Trinajstić information content (AvgIpc) is 2.87. The first-order chi connectivity index (χ1) is 17.2. The van der Waals surface area contributed by atoms with E-state index in [1.807, 2.05) is 49.3 Å². The molecule has 1 aromatic heterocycles. The number of carbonyl (C=O) groups excluding carboxylic acids is 1. The summed E-state index contributed by atoms with van der Waals surface area (Å²) in [5.74, 6) is -12.2. The fraction of sp³-hybridized carbons (Fsp3) is 0.360. The summed E-state index contributed by atoms with van der Waals surface area (Å²) in [5.41, 5.74) is 1.92. The Bertz CT molecular complexity index is 1250. The van der Waals surface area contributed by atoms with Gasteiger partial charge >= 0.3 is 0 Å². The number of aromatic nitrogens is 1. The van der Waals surface area contributed by atoms with Gasteiger partial charge in [-0.3, -0.25) is 4.79 Å². The molecule has 1 fully saturated rings. The highest BCUT2D eigenvalue weighted by Gasteiger charge is 2.28. The maximum absolute atomic E-state index is 13.7. The summed E-state index contributed by atoms with van der Waals surface area (Å²) in [7, 11) is 3.93. The number of hydrogen-bond acceptors (Lipinski definition) is 5. The number of pyridine rings is 1. The van der Waals surface area contributed by atoms with Gasteiger partial charge in [-0.25, -0.2) is 18.2 Å². The molecule has 0 aliphatic heterocycles. The van der Waals surface area contributed by atoms with Crippen molar-refractivity contribution >= 4 is 28.3 Å². The lowest BCUT2D eigenvalue weighted by molar-refractivity contribution is -0.124. The summed E-state index contributed by atoms with van der Waals surface area (Å²) in [5, 5.41) is 7.19. The van der Waals surface area contributed by atoms with Crippen LogP contribution >= 0.6 is 0 Å². The molecule has 1 aliphatic rings. The van der Waals surface area contributed by atoms with Crippen molar-refractivity contribution in [1.82, 2.24) is 10.3 Å². The van der Waals surface area contributed by atoms with E-state index in [9.17, 15) is 26.7 Å². The van der Waals surface area contributed by atoms with Crippen molar-refractivity contribution < 1.29 is 31.5 Å². The second-order valence-corrected chi connectivity index (χ2v) is 8.89. The molecule has 192 valence electrons. The van der Waals surface area contributed by atoms with E-state index in [1.54, 1.807) is 0 Å². The normalized spacial score (nSPS) is 17.6. The van der Waals surface area contributed by atoms with Gasteiger partial charge in [-0.2, -0.15) is 8.78 Å². The van der Waals surface area contributed by atoms with Crippen molar-refractivity contribution in [3.05, 3.63) is 59.4 Å². The van der Waals surface area contributed by atoms with Gasteiger partial charge in [-0.1, -0.05) is 18.2 Å². The van der Waals surface area contributed by atoms with Crippen LogP contribution in [-0.2, 0) is 4.79 Å². The molecular formula is C25H25F5N4O2. The van der Waals surface area contributed by atoms with E-state index >= 15 is 0 Å². The topological polar surface area (TPSA) is 66.5 Å². The Morgan fingerprint density at radius 2 is 1.53 bits per heavy atom. The van der Waals surface area contributed by atoms with E-state index in [0.717, 1.165) is 35.2 Å². The van der Waals surface area contributed by atoms with Crippen LogP contribution in [0.1, 0.15) is 25.7 Å². The molecule has 1 amide bonds. The van der Waals surface area contributed by atoms with Crippen LogP contribution in [0.3, 0.4) is 0 Å². The third-order valence-electron chi connectivity index (χ3n) is 6.14. The Kier molecular flexibility index (Phi) is 7.46. The minimum Gasteiger partial charge on any atom is -0.477 e. The van der Waals surface area contributed by atoms with Gasteiger partial charge in [-0.15, -0.1) is 0 Å². The van der Waals surface area contributed by atoms with Crippen LogP contribution in [0.4, 0.5) is 33.5 Å². The van der Waals surface area contributed by atoms with Gasteiger partial charge in [0.2, 0.25) is 29.1 Å². The zero-order valence-corrected chi connectivity index (χ0v) is 19.7. The van der Waals surface area contributed by atoms with E-state index in [2.05, 4.69) is 15.4 Å². The Labute approximate surface area is 204 Å². The molecule has 1 heterocycles. The highest BCUT2D eigenvalue weighted by atomic mass is 19.2. The Balaban J connectivity index is 1.31. The highest BCUT2D eigenvalue weighted by molar-refractivity contribution is 5.93. The number of fused-ring (bicyclic) bond motifs is 1. The average molecular weight is 508 g/mol. The maximum Gasteiger partial charge on any atom is 0.258 e. The minimum atomic E-state index is -2.29. The molecule has 2 aromatic carbocycles. The molecule has 11 heteroatoms. The lowest BCUT2D eigenvalue weighted by Gasteiger charge is -2.30. The maximum atomic E-state index is 13.7. The standard InChI is InChI=1S/C25H25F5N4O2/c1-34(2)17-11-18(33-16-6-4-3-5-15(16)17)31-13-7-9-14(10-8-13)32-19(35)12-36-25-23(29)21(27)20(26)22(28)24(25)30/h3-6,11,13-14H,7-10,12H2,1-2H3,(H,31,33)(H,32,35)/t13-,14+. The third-order valence-corrected chi connectivity index (χ3v) is 6.14. The molecule has 0 spiro atoms. The second-order valence-electron chi connectivity index (χ2n) is 8.89. The number of benzene rings is 2. The molecule has 0 unspecified atom stereocenters. The smallest absolute Gasteiger partial charge is 0.258 e. The molecule has 0 bridgehead atoms. The summed E-state index contributed by atoms with van der Waals surface area (Å²) in [6.45, 7) is -0.884. The van der Waals surface area contributed by atoms with Gasteiger partial charge < -0.3 is 20.3 Å². The Morgan fingerprint density at radius 1 is 0.944 bits per heavy atom. The number of amides is 1. The summed E-state index contributed by atoms with van der Waals surface area (Å²) in [4.78, 5) is 18.9. The molecule has 0 atom stereocenters. The van der Waals surface area contributed by atoms with Crippen LogP contribution in [0.15, 0.2) is 30.3 Å². The number of rotatable bonds is 7. The lowest BCUT2D eigenvalue weighted by atomic mass is 9.91. The van der Waals surface area contributed by atoms with Crippen LogP contribution in [-0.4, -0.2) is 43.7 Å². The highest BCUT2D eigenvalue weighted by Crippen LogP contribution is 2.30. The first-order valence-electron chi connectivity index (χ1n) is 11.4. The molecule has 1 saturated carbocycles. The van der Waals surface area contributed by atoms with Crippen molar-refractivity contribution in [1.29, 1.82) is 0 Å². The number of carbonyl (C=O) groups is 1. The monoisotopic (exact) mass is 508 g/mol. The van der Waals surface area contributed by atoms with E-state index in [-0.39, 0.29) is 12.1 Å². The second kappa shape index (κ2) is 10.5. The molecule has 0 radical (unpaired) electrons. The molecule has 36 heavy (non-hydrogen) atoms. The summed E-state index contributed by atoms with van der Waals surface area (Å²) in [6.07, 6.45) is 2.71. The zero-order valence-electron chi connectivity index (χ0n) is 19.7. The first-order valence-corrected chi connectivity index (χ1v) is 11.4. The summed E-state index contributed by atoms with van der Waals surface area (Å²) >= 11 is 0. The Hall–Kier alpha value is -3.63. The quantitative estimate of drug-likeness (QED) is 0.270. The predicted octanol–water partition coefficient (Wildman–Crippen LogP) is 4.91. The number of nitrogens with one attached hydrogen (secondary N) is 2. The van der Waals surface area contributed by atoms with E-state index < -0.39 is 47.3 Å². The first kappa shape index (κ1) is 25.5. The van der Waals surface area contributed by atoms with E-state index in [0.29, 0.717) is 12.8 Å². The molecule has 6 nitrogen and oxygen atoms in total. The zero-order chi connectivity index (χ0) is 26.0.